The zero-order chi connectivity index (χ0) is 22.1. The summed E-state index contributed by atoms with van der Waals surface area (Å²) in [5.74, 6) is -0.239. The maximum absolute atomic E-state index is 13.1. The Morgan fingerprint density at radius 2 is 1.69 bits per heavy atom. The van der Waals surface area contributed by atoms with Crippen molar-refractivity contribution in [2.75, 3.05) is 18.4 Å². The summed E-state index contributed by atoms with van der Waals surface area (Å²) in [4.78, 5) is 29.6. The molecule has 0 spiro atoms. The summed E-state index contributed by atoms with van der Waals surface area (Å²) in [6.07, 6.45) is 3.22. The van der Waals surface area contributed by atoms with Crippen LogP contribution in [-0.2, 0) is 0 Å². The maximum atomic E-state index is 13.1. The number of thiophene rings is 1. The Hall–Kier alpha value is -3.45. The van der Waals surface area contributed by atoms with Gasteiger partial charge < -0.3 is 10.2 Å². The number of benzene rings is 2. The van der Waals surface area contributed by atoms with Crippen LogP contribution in [0.25, 0.3) is 15.9 Å². The molecule has 2 aromatic carbocycles. The second kappa shape index (κ2) is 8.59. The van der Waals surface area contributed by atoms with Crippen LogP contribution in [0.5, 0.6) is 0 Å². The summed E-state index contributed by atoms with van der Waals surface area (Å²) < 4.78 is 1.87. The number of hydrogen-bond donors (Lipinski definition) is 1. The van der Waals surface area contributed by atoms with E-state index in [0.29, 0.717) is 16.1 Å². The maximum Gasteiger partial charge on any atom is 0.265 e. The SMILES string of the molecule is Cc1nn(-c2ccccc2)c2sc(C(=O)Nc3ccccc3C(=O)N3CCCCC3)cc12. The van der Waals surface area contributed by atoms with Crippen LogP contribution >= 0.6 is 11.3 Å². The number of aromatic nitrogens is 2. The van der Waals surface area contributed by atoms with Crippen molar-refractivity contribution in [3.05, 3.63) is 76.8 Å². The molecule has 0 radical (unpaired) electrons. The van der Waals surface area contributed by atoms with E-state index < -0.39 is 0 Å². The summed E-state index contributed by atoms with van der Waals surface area (Å²) in [7, 11) is 0. The molecule has 32 heavy (non-hydrogen) atoms. The molecule has 2 amide bonds. The second-order valence-corrected chi connectivity index (χ2v) is 9.05. The first kappa shape index (κ1) is 20.5. The Kier molecular flexibility index (Phi) is 5.49. The van der Waals surface area contributed by atoms with E-state index in [9.17, 15) is 9.59 Å². The van der Waals surface area contributed by atoms with Gasteiger partial charge in [-0.1, -0.05) is 30.3 Å². The molecule has 0 bridgehead atoms. The van der Waals surface area contributed by atoms with E-state index in [1.165, 1.54) is 11.3 Å². The third kappa shape index (κ3) is 3.80. The lowest BCUT2D eigenvalue weighted by molar-refractivity contribution is 0.0725. The molecule has 1 fully saturated rings. The van der Waals surface area contributed by atoms with Crippen molar-refractivity contribution in [2.45, 2.75) is 26.2 Å². The van der Waals surface area contributed by atoms with Crippen LogP contribution in [0.2, 0.25) is 0 Å². The molecule has 1 aliphatic rings. The summed E-state index contributed by atoms with van der Waals surface area (Å²) in [5, 5.41) is 8.57. The summed E-state index contributed by atoms with van der Waals surface area (Å²) in [6.45, 7) is 3.49. The number of carbonyl (C=O) groups excluding carboxylic acids is 2. The van der Waals surface area contributed by atoms with E-state index in [2.05, 4.69) is 10.4 Å². The van der Waals surface area contributed by atoms with Gasteiger partial charge in [-0.05, 0) is 56.5 Å². The van der Waals surface area contributed by atoms with E-state index >= 15 is 0 Å². The molecule has 0 aliphatic carbocycles. The Labute approximate surface area is 190 Å². The number of likely N-dealkylation sites (tertiary alicyclic amines) is 1. The molecule has 1 N–H and O–H groups in total. The smallest absolute Gasteiger partial charge is 0.265 e. The van der Waals surface area contributed by atoms with Crippen LogP contribution in [0, 0.1) is 6.92 Å². The number of anilines is 1. The number of rotatable bonds is 4. The molecule has 0 atom stereocenters. The van der Waals surface area contributed by atoms with Crippen LogP contribution in [-0.4, -0.2) is 39.6 Å². The first-order valence-corrected chi connectivity index (χ1v) is 11.7. The summed E-state index contributed by atoms with van der Waals surface area (Å²) in [5.41, 5.74) is 2.92. The highest BCUT2D eigenvalue weighted by Crippen LogP contribution is 2.31. The van der Waals surface area contributed by atoms with Gasteiger partial charge in [-0.2, -0.15) is 5.10 Å². The normalized spacial score (nSPS) is 14.0. The quantitative estimate of drug-likeness (QED) is 0.466. The Bertz CT molecular complexity index is 1290. The minimum atomic E-state index is -0.218. The number of piperidine rings is 1. The molecule has 1 aliphatic heterocycles. The molecule has 7 heteroatoms. The van der Waals surface area contributed by atoms with Gasteiger partial charge in [-0.3, -0.25) is 9.59 Å². The number of aryl methyl sites for hydroxylation is 1. The van der Waals surface area contributed by atoms with Gasteiger partial charge in [-0.15, -0.1) is 11.3 Å². The van der Waals surface area contributed by atoms with Crippen LogP contribution in [0.3, 0.4) is 0 Å². The molecule has 4 aromatic rings. The lowest BCUT2D eigenvalue weighted by Crippen LogP contribution is -2.36. The van der Waals surface area contributed by atoms with Crippen molar-refractivity contribution in [1.82, 2.24) is 14.7 Å². The molecule has 0 unspecified atom stereocenters. The molecule has 5 rings (SSSR count). The van der Waals surface area contributed by atoms with Crippen LogP contribution in [0.15, 0.2) is 60.7 Å². The fourth-order valence-electron chi connectivity index (χ4n) is 4.13. The number of nitrogens with one attached hydrogen (secondary N) is 1. The third-order valence-corrected chi connectivity index (χ3v) is 6.93. The number of amides is 2. The third-order valence-electron chi connectivity index (χ3n) is 5.82. The second-order valence-electron chi connectivity index (χ2n) is 8.01. The van der Waals surface area contributed by atoms with E-state index in [1.807, 2.05) is 65.0 Å². The molecule has 162 valence electrons. The van der Waals surface area contributed by atoms with Gasteiger partial charge in [0.15, 0.2) is 0 Å². The fourth-order valence-corrected chi connectivity index (χ4v) is 5.21. The molecule has 3 heterocycles. The Balaban J connectivity index is 1.43. The lowest BCUT2D eigenvalue weighted by atomic mass is 10.1. The first-order chi connectivity index (χ1) is 15.6. The lowest BCUT2D eigenvalue weighted by Gasteiger charge is -2.27. The minimum Gasteiger partial charge on any atom is -0.339 e. The van der Waals surface area contributed by atoms with Crippen LogP contribution in [0.4, 0.5) is 5.69 Å². The van der Waals surface area contributed by atoms with Crippen molar-refractivity contribution in [3.8, 4) is 5.69 Å². The van der Waals surface area contributed by atoms with E-state index in [4.69, 9.17) is 0 Å². The highest BCUT2D eigenvalue weighted by Gasteiger charge is 2.22. The largest absolute Gasteiger partial charge is 0.339 e. The minimum absolute atomic E-state index is 0.0208. The van der Waals surface area contributed by atoms with Crippen molar-refractivity contribution in [3.63, 3.8) is 0 Å². The number of hydrogen-bond acceptors (Lipinski definition) is 4. The van der Waals surface area contributed by atoms with Gasteiger partial charge in [0.25, 0.3) is 11.8 Å². The molecule has 1 saturated heterocycles. The highest BCUT2D eigenvalue weighted by molar-refractivity contribution is 7.20. The van der Waals surface area contributed by atoms with Gasteiger partial charge >= 0.3 is 0 Å². The van der Waals surface area contributed by atoms with Gasteiger partial charge in [0, 0.05) is 18.5 Å². The average molecular weight is 445 g/mol. The standard InChI is InChI=1S/C25H24N4O2S/c1-17-20-16-22(32-25(20)29(27-17)18-10-4-2-5-11-18)23(30)26-21-13-7-6-12-19(21)24(31)28-14-8-3-9-15-28/h2,4-7,10-13,16H,3,8-9,14-15H2,1H3,(H,26,30). The predicted octanol–water partition coefficient (Wildman–Crippen LogP) is 5.27. The van der Waals surface area contributed by atoms with Gasteiger partial charge in [0.2, 0.25) is 0 Å². The van der Waals surface area contributed by atoms with Crippen LogP contribution < -0.4 is 5.32 Å². The van der Waals surface area contributed by atoms with Crippen molar-refractivity contribution >= 4 is 39.1 Å². The highest BCUT2D eigenvalue weighted by atomic mass is 32.1. The average Bonchev–Trinajstić information content (AvgIpc) is 3.41. The Morgan fingerprint density at radius 1 is 0.969 bits per heavy atom. The predicted molar refractivity (Wildman–Crippen MR) is 128 cm³/mol. The summed E-state index contributed by atoms with van der Waals surface area (Å²) in [6, 6.07) is 19.0. The van der Waals surface area contributed by atoms with Gasteiger partial charge in [-0.25, -0.2) is 4.68 Å². The Morgan fingerprint density at radius 3 is 2.47 bits per heavy atom. The van der Waals surface area contributed by atoms with Crippen LogP contribution in [0.1, 0.15) is 45.0 Å². The number of nitrogens with zero attached hydrogens (tertiary/aromatic N) is 3. The monoisotopic (exact) mass is 444 g/mol. The number of para-hydroxylation sites is 2. The zero-order valence-corrected chi connectivity index (χ0v) is 18.7. The van der Waals surface area contributed by atoms with Gasteiger partial charge in [0.05, 0.1) is 27.5 Å². The fraction of sp³-hybridized carbons (Fsp3) is 0.240. The van der Waals surface area contributed by atoms with Crippen molar-refractivity contribution in [2.24, 2.45) is 0 Å². The van der Waals surface area contributed by atoms with E-state index in [1.54, 1.807) is 12.1 Å². The molecular weight excluding hydrogens is 420 g/mol. The van der Waals surface area contributed by atoms with Crippen molar-refractivity contribution in [1.29, 1.82) is 0 Å². The zero-order valence-electron chi connectivity index (χ0n) is 17.9. The van der Waals surface area contributed by atoms with E-state index in [-0.39, 0.29) is 11.8 Å². The molecule has 2 aromatic heterocycles. The number of carbonyl (C=O) groups is 2. The van der Waals surface area contributed by atoms with E-state index in [0.717, 1.165) is 53.9 Å². The molecule has 6 nitrogen and oxygen atoms in total. The number of fused-ring (bicyclic) bond motifs is 1. The summed E-state index contributed by atoms with van der Waals surface area (Å²) >= 11 is 1.40. The van der Waals surface area contributed by atoms with Crippen molar-refractivity contribution < 1.29 is 9.59 Å². The molecule has 0 saturated carbocycles. The molecular formula is C25H24N4O2S. The topological polar surface area (TPSA) is 67.2 Å². The first-order valence-electron chi connectivity index (χ1n) is 10.9. The van der Waals surface area contributed by atoms with Gasteiger partial charge in [0.1, 0.15) is 4.83 Å².